The predicted molar refractivity (Wildman–Crippen MR) is 66.2 cm³/mol. The summed E-state index contributed by atoms with van der Waals surface area (Å²) < 4.78 is 11.0. The fourth-order valence-electron chi connectivity index (χ4n) is 1.64. The Labute approximate surface area is 109 Å². The van der Waals surface area contributed by atoms with Crippen molar-refractivity contribution >= 4 is 17.3 Å². The zero-order chi connectivity index (χ0) is 13.0. The first-order chi connectivity index (χ1) is 8.66. The molecule has 1 aliphatic heterocycles. The number of morpholine rings is 1. The normalized spacial score (nSPS) is 19.5. The van der Waals surface area contributed by atoms with Gasteiger partial charge in [-0.15, -0.1) is 0 Å². The molecule has 1 unspecified atom stereocenters. The maximum atomic E-state index is 10.6. The highest BCUT2D eigenvalue weighted by atomic mass is 35.5. The van der Waals surface area contributed by atoms with E-state index in [1.165, 1.54) is 18.2 Å². The monoisotopic (exact) mass is 272 g/mol. The minimum absolute atomic E-state index is 0.00674. The first kappa shape index (κ1) is 13.1. The van der Waals surface area contributed by atoms with Crippen LogP contribution in [0.1, 0.15) is 0 Å². The third-order valence-corrected chi connectivity index (χ3v) is 2.86. The van der Waals surface area contributed by atoms with Crippen LogP contribution in [0, 0.1) is 10.1 Å². The van der Waals surface area contributed by atoms with Crippen LogP contribution in [0.3, 0.4) is 0 Å². The summed E-state index contributed by atoms with van der Waals surface area (Å²) in [6.07, 6.45) is -0.00674. The Morgan fingerprint density at radius 1 is 1.61 bits per heavy atom. The zero-order valence-corrected chi connectivity index (χ0v) is 10.4. The SMILES string of the molecule is O=[N+]([O-])c1ccc(OCC2CNCCO2)cc1Cl. The molecule has 1 heterocycles. The fraction of sp³-hybridized carbons (Fsp3) is 0.455. The molecule has 6 nitrogen and oxygen atoms in total. The molecule has 1 saturated heterocycles. The summed E-state index contributed by atoms with van der Waals surface area (Å²) >= 11 is 5.78. The fourth-order valence-corrected chi connectivity index (χ4v) is 1.88. The molecule has 0 spiro atoms. The summed E-state index contributed by atoms with van der Waals surface area (Å²) in [7, 11) is 0. The molecular formula is C11H13ClN2O4. The summed E-state index contributed by atoms with van der Waals surface area (Å²) in [6.45, 7) is 2.64. The summed E-state index contributed by atoms with van der Waals surface area (Å²) in [5.41, 5.74) is -0.125. The van der Waals surface area contributed by atoms with Gasteiger partial charge >= 0.3 is 0 Å². The van der Waals surface area contributed by atoms with E-state index < -0.39 is 4.92 Å². The van der Waals surface area contributed by atoms with Crippen molar-refractivity contribution in [3.05, 3.63) is 33.3 Å². The van der Waals surface area contributed by atoms with Crippen molar-refractivity contribution in [2.24, 2.45) is 0 Å². The third kappa shape index (κ3) is 3.32. The van der Waals surface area contributed by atoms with Gasteiger partial charge in [0.15, 0.2) is 0 Å². The molecule has 1 atom stereocenters. The summed E-state index contributed by atoms with van der Waals surface area (Å²) in [5, 5.41) is 13.8. The topological polar surface area (TPSA) is 73.6 Å². The standard InChI is InChI=1S/C11H13ClN2O4/c12-10-5-8(1-2-11(10)14(15)16)18-7-9-6-13-3-4-17-9/h1-2,5,9,13H,3-4,6-7H2. The Morgan fingerprint density at radius 2 is 2.44 bits per heavy atom. The largest absolute Gasteiger partial charge is 0.491 e. The molecule has 0 aliphatic carbocycles. The minimum atomic E-state index is -0.528. The molecule has 7 heteroatoms. The highest BCUT2D eigenvalue weighted by Crippen LogP contribution is 2.28. The number of hydrogen-bond acceptors (Lipinski definition) is 5. The number of benzene rings is 1. The maximum absolute atomic E-state index is 10.6. The van der Waals surface area contributed by atoms with Crippen molar-refractivity contribution in [3.63, 3.8) is 0 Å². The molecule has 0 radical (unpaired) electrons. The van der Waals surface area contributed by atoms with Crippen molar-refractivity contribution < 1.29 is 14.4 Å². The first-order valence-corrected chi connectivity index (χ1v) is 5.93. The lowest BCUT2D eigenvalue weighted by Crippen LogP contribution is -2.41. The number of rotatable bonds is 4. The van der Waals surface area contributed by atoms with Crippen molar-refractivity contribution in [3.8, 4) is 5.75 Å². The van der Waals surface area contributed by atoms with Crippen LogP contribution in [0.5, 0.6) is 5.75 Å². The van der Waals surface area contributed by atoms with E-state index in [4.69, 9.17) is 21.1 Å². The van der Waals surface area contributed by atoms with Gasteiger partial charge < -0.3 is 14.8 Å². The molecule has 18 heavy (non-hydrogen) atoms. The Morgan fingerprint density at radius 3 is 3.06 bits per heavy atom. The summed E-state index contributed by atoms with van der Waals surface area (Å²) in [4.78, 5) is 10.1. The molecule has 1 aliphatic rings. The van der Waals surface area contributed by atoms with Crippen LogP contribution in [0.4, 0.5) is 5.69 Å². The Balaban J connectivity index is 1.93. The molecular weight excluding hydrogens is 260 g/mol. The Bertz CT molecular complexity index is 435. The molecule has 0 aromatic heterocycles. The number of hydrogen-bond donors (Lipinski definition) is 1. The van der Waals surface area contributed by atoms with Gasteiger partial charge in [-0.1, -0.05) is 11.6 Å². The van der Waals surface area contributed by atoms with Gasteiger partial charge in [0.25, 0.3) is 5.69 Å². The lowest BCUT2D eigenvalue weighted by molar-refractivity contribution is -0.384. The van der Waals surface area contributed by atoms with E-state index >= 15 is 0 Å². The molecule has 98 valence electrons. The Kier molecular flexibility index (Phi) is 4.35. The number of halogens is 1. The van der Waals surface area contributed by atoms with Gasteiger partial charge in [0.1, 0.15) is 23.5 Å². The predicted octanol–water partition coefficient (Wildman–Crippen LogP) is 1.62. The Hall–Kier alpha value is -1.37. The molecule has 1 fully saturated rings. The van der Waals surface area contributed by atoms with E-state index in [0.29, 0.717) is 19.0 Å². The number of nitrogens with one attached hydrogen (secondary N) is 1. The van der Waals surface area contributed by atoms with Gasteiger partial charge in [-0.05, 0) is 6.07 Å². The van der Waals surface area contributed by atoms with E-state index in [1.807, 2.05) is 0 Å². The second-order valence-electron chi connectivity index (χ2n) is 3.88. The molecule has 0 bridgehead atoms. The first-order valence-electron chi connectivity index (χ1n) is 5.56. The molecule has 1 aromatic rings. The lowest BCUT2D eigenvalue weighted by Gasteiger charge is -2.23. The lowest BCUT2D eigenvalue weighted by atomic mass is 10.3. The van der Waals surface area contributed by atoms with Crippen LogP contribution in [-0.2, 0) is 4.74 Å². The number of nitrogens with zero attached hydrogens (tertiary/aromatic N) is 1. The van der Waals surface area contributed by atoms with Crippen molar-refractivity contribution in [2.45, 2.75) is 6.10 Å². The zero-order valence-electron chi connectivity index (χ0n) is 9.60. The van der Waals surface area contributed by atoms with Crippen LogP contribution in [-0.4, -0.2) is 37.3 Å². The van der Waals surface area contributed by atoms with Crippen LogP contribution in [0.15, 0.2) is 18.2 Å². The molecule has 1 N–H and O–H groups in total. The van der Waals surface area contributed by atoms with Gasteiger partial charge in [-0.25, -0.2) is 0 Å². The van der Waals surface area contributed by atoms with Crippen LogP contribution in [0.2, 0.25) is 5.02 Å². The molecule has 0 saturated carbocycles. The van der Waals surface area contributed by atoms with Gasteiger partial charge in [-0.2, -0.15) is 0 Å². The average Bonchev–Trinajstić information content (AvgIpc) is 2.37. The highest BCUT2D eigenvalue weighted by molar-refractivity contribution is 6.32. The molecule has 2 rings (SSSR count). The summed E-state index contributed by atoms with van der Waals surface area (Å²) in [5.74, 6) is 0.500. The van der Waals surface area contributed by atoms with Crippen LogP contribution < -0.4 is 10.1 Å². The van der Waals surface area contributed by atoms with Gasteiger partial charge in [0, 0.05) is 25.2 Å². The van der Waals surface area contributed by atoms with Crippen molar-refractivity contribution in [1.29, 1.82) is 0 Å². The van der Waals surface area contributed by atoms with Crippen molar-refractivity contribution in [2.75, 3.05) is 26.3 Å². The van der Waals surface area contributed by atoms with Gasteiger partial charge in [0.2, 0.25) is 0 Å². The van der Waals surface area contributed by atoms with E-state index in [1.54, 1.807) is 0 Å². The minimum Gasteiger partial charge on any atom is -0.491 e. The van der Waals surface area contributed by atoms with E-state index in [2.05, 4.69) is 5.32 Å². The van der Waals surface area contributed by atoms with E-state index in [0.717, 1.165) is 13.1 Å². The second-order valence-corrected chi connectivity index (χ2v) is 4.29. The van der Waals surface area contributed by atoms with E-state index in [-0.39, 0.29) is 16.8 Å². The second kappa shape index (κ2) is 5.99. The summed E-state index contributed by atoms with van der Waals surface area (Å²) in [6, 6.07) is 4.30. The maximum Gasteiger partial charge on any atom is 0.288 e. The number of ether oxygens (including phenoxy) is 2. The number of nitro groups is 1. The van der Waals surface area contributed by atoms with E-state index in [9.17, 15) is 10.1 Å². The smallest absolute Gasteiger partial charge is 0.288 e. The van der Waals surface area contributed by atoms with Crippen LogP contribution in [0.25, 0.3) is 0 Å². The van der Waals surface area contributed by atoms with Gasteiger partial charge in [0.05, 0.1) is 11.5 Å². The quantitative estimate of drug-likeness (QED) is 0.666. The highest BCUT2D eigenvalue weighted by Gasteiger charge is 2.16. The average molecular weight is 273 g/mol. The molecule has 1 aromatic carbocycles. The van der Waals surface area contributed by atoms with Gasteiger partial charge in [-0.3, -0.25) is 10.1 Å². The number of nitro benzene ring substituents is 1. The van der Waals surface area contributed by atoms with Crippen molar-refractivity contribution in [1.82, 2.24) is 5.32 Å². The molecule has 0 amide bonds. The third-order valence-electron chi connectivity index (χ3n) is 2.56. The van der Waals surface area contributed by atoms with Crippen LogP contribution >= 0.6 is 11.6 Å².